The highest BCUT2D eigenvalue weighted by atomic mass is 16.8. The monoisotopic (exact) mass is 820 g/mol. The van der Waals surface area contributed by atoms with Gasteiger partial charge in [-0.15, -0.1) is 0 Å². The van der Waals surface area contributed by atoms with Crippen molar-refractivity contribution in [2.45, 2.75) is 75.6 Å². The summed E-state index contributed by atoms with van der Waals surface area (Å²) in [6.07, 6.45) is -10.1. The van der Waals surface area contributed by atoms with Crippen LogP contribution in [0.25, 0.3) is 12.2 Å². The molecular formula is C38H44O20. The van der Waals surface area contributed by atoms with Gasteiger partial charge in [0.15, 0.2) is 35.2 Å². The van der Waals surface area contributed by atoms with E-state index in [0.717, 1.165) is 32.9 Å². The SMILES string of the molecule is COc1cc(C=CC(=O)OCC2OC(COC(C)=O)(OC3OC(COC(C)=O)C(O)C(O)C3OC(C)=O)C(OC(=O)C=Cc3ccc(O)c(OC)c3)C2O)ccc1O. The van der Waals surface area contributed by atoms with Crippen molar-refractivity contribution in [1.82, 2.24) is 0 Å². The summed E-state index contributed by atoms with van der Waals surface area (Å²) in [6.45, 7) is 0.724. The van der Waals surface area contributed by atoms with Gasteiger partial charge in [-0.3, -0.25) is 14.4 Å². The maximum atomic E-state index is 13.4. The summed E-state index contributed by atoms with van der Waals surface area (Å²) in [5, 5.41) is 53.2. The van der Waals surface area contributed by atoms with Gasteiger partial charge in [0.1, 0.15) is 50.3 Å². The van der Waals surface area contributed by atoms with Crippen LogP contribution >= 0.6 is 0 Å². The Hall–Kier alpha value is -5.77. The number of rotatable bonds is 16. The van der Waals surface area contributed by atoms with Crippen molar-refractivity contribution in [2.75, 3.05) is 34.0 Å². The molecule has 2 heterocycles. The van der Waals surface area contributed by atoms with Crippen LogP contribution in [0.3, 0.4) is 0 Å². The topological polar surface area (TPSA) is 279 Å². The molecule has 0 radical (unpaired) electrons. The predicted molar refractivity (Wildman–Crippen MR) is 192 cm³/mol. The number of esters is 5. The van der Waals surface area contributed by atoms with Crippen LogP contribution in [0, 0.1) is 0 Å². The van der Waals surface area contributed by atoms with E-state index >= 15 is 0 Å². The van der Waals surface area contributed by atoms with Crippen molar-refractivity contribution in [1.29, 1.82) is 0 Å². The molecule has 5 N–H and O–H groups in total. The molecule has 0 bridgehead atoms. The lowest BCUT2D eigenvalue weighted by Gasteiger charge is -2.44. The van der Waals surface area contributed by atoms with Crippen molar-refractivity contribution in [3.05, 3.63) is 59.7 Å². The number of methoxy groups -OCH3 is 2. The molecule has 9 unspecified atom stereocenters. The van der Waals surface area contributed by atoms with Gasteiger partial charge in [0, 0.05) is 32.9 Å². The average Bonchev–Trinajstić information content (AvgIpc) is 3.43. The van der Waals surface area contributed by atoms with Gasteiger partial charge in [0.05, 0.1) is 14.2 Å². The summed E-state index contributed by atoms with van der Waals surface area (Å²) in [7, 11) is 2.66. The summed E-state index contributed by atoms with van der Waals surface area (Å²) < 4.78 is 54.4. The molecule has 2 aliphatic heterocycles. The lowest BCUT2D eigenvalue weighted by atomic mass is 9.98. The summed E-state index contributed by atoms with van der Waals surface area (Å²) in [5.41, 5.74) is 0.810. The van der Waals surface area contributed by atoms with E-state index < -0.39 is 104 Å². The first-order chi connectivity index (χ1) is 27.5. The maximum absolute atomic E-state index is 13.4. The first-order valence-electron chi connectivity index (χ1n) is 17.4. The van der Waals surface area contributed by atoms with Crippen molar-refractivity contribution in [3.63, 3.8) is 0 Å². The van der Waals surface area contributed by atoms with Crippen LogP contribution in [0.5, 0.6) is 23.0 Å². The van der Waals surface area contributed by atoms with Crippen LogP contribution in [-0.4, -0.2) is 144 Å². The van der Waals surface area contributed by atoms with Crippen LogP contribution in [-0.2, 0) is 61.9 Å². The van der Waals surface area contributed by atoms with Crippen LogP contribution in [0.1, 0.15) is 31.9 Å². The van der Waals surface area contributed by atoms with E-state index in [1.165, 1.54) is 62.8 Å². The average molecular weight is 821 g/mol. The van der Waals surface area contributed by atoms with Gasteiger partial charge in [-0.1, -0.05) is 12.1 Å². The number of aromatic hydroxyl groups is 2. The molecule has 2 aliphatic rings. The first-order valence-corrected chi connectivity index (χ1v) is 17.4. The van der Waals surface area contributed by atoms with Gasteiger partial charge < -0.3 is 72.9 Å². The molecule has 2 aromatic rings. The third-order valence-corrected chi connectivity index (χ3v) is 8.53. The lowest BCUT2D eigenvalue weighted by molar-refractivity contribution is -0.384. The van der Waals surface area contributed by atoms with Crippen LogP contribution in [0.2, 0.25) is 0 Å². The van der Waals surface area contributed by atoms with E-state index in [1.807, 2.05) is 0 Å². The largest absolute Gasteiger partial charge is 0.504 e. The zero-order chi connectivity index (χ0) is 42.7. The number of hydrogen-bond donors (Lipinski definition) is 5. The highest BCUT2D eigenvalue weighted by Gasteiger charge is 2.62. The second-order valence-electron chi connectivity index (χ2n) is 12.8. The Balaban J connectivity index is 1.69. The quantitative estimate of drug-likeness (QED) is 0.0863. The Morgan fingerprint density at radius 1 is 0.690 bits per heavy atom. The second-order valence-corrected chi connectivity index (χ2v) is 12.8. The number of aliphatic hydroxyl groups excluding tert-OH is 3. The summed E-state index contributed by atoms with van der Waals surface area (Å²) in [6, 6.07) is 8.43. The van der Waals surface area contributed by atoms with E-state index in [4.69, 9.17) is 47.4 Å². The molecule has 20 nitrogen and oxygen atoms in total. The summed E-state index contributed by atoms with van der Waals surface area (Å²) in [5.74, 6) is -7.42. The number of benzene rings is 2. The van der Waals surface area contributed by atoms with Gasteiger partial charge in [-0.25, -0.2) is 9.59 Å². The van der Waals surface area contributed by atoms with Crippen molar-refractivity contribution in [3.8, 4) is 23.0 Å². The highest BCUT2D eigenvalue weighted by molar-refractivity contribution is 5.88. The second kappa shape index (κ2) is 20.1. The third kappa shape index (κ3) is 11.6. The fourth-order valence-electron chi connectivity index (χ4n) is 5.74. The Labute approximate surface area is 331 Å². The molecular weight excluding hydrogens is 776 g/mol. The molecule has 4 rings (SSSR count). The Bertz CT molecular complexity index is 1860. The van der Waals surface area contributed by atoms with E-state index in [9.17, 15) is 49.5 Å². The predicted octanol–water partition coefficient (Wildman–Crippen LogP) is 0.274. The molecule has 2 saturated heterocycles. The van der Waals surface area contributed by atoms with Crippen molar-refractivity contribution < 1.29 is 96.9 Å². The third-order valence-electron chi connectivity index (χ3n) is 8.53. The Kier molecular flexibility index (Phi) is 15.6. The molecule has 0 aliphatic carbocycles. The molecule has 58 heavy (non-hydrogen) atoms. The number of phenols is 2. The Morgan fingerprint density at radius 3 is 1.78 bits per heavy atom. The molecule has 2 fully saturated rings. The van der Waals surface area contributed by atoms with Gasteiger partial charge in [-0.05, 0) is 47.5 Å². The van der Waals surface area contributed by atoms with E-state index in [2.05, 4.69) is 0 Å². The molecule has 0 saturated carbocycles. The molecule has 0 aromatic heterocycles. The van der Waals surface area contributed by atoms with E-state index in [1.54, 1.807) is 0 Å². The van der Waals surface area contributed by atoms with Gasteiger partial charge >= 0.3 is 29.8 Å². The number of carbonyl (C=O) groups excluding carboxylic acids is 5. The number of ether oxygens (including phenoxy) is 10. The summed E-state index contributed by atoms with van der Waals surface area (Å²) >= 11 is 0. The number of aliphatic hydroxyl groups is 3. The lowest BCUT2D eigenvalue weighted by Crippen LogP contribution is -2.64. The standard InChI is InChI=1S/C38H44O20/c1-19(39)51-16-28-32(46)34(48)35(54-21(3)41)37(55-28)58-38(18-53-20(2)40)36(56-31(45)13-9-23-7-11-25(43)27(15-23)50-5)33(47)29(57-38)17-52-30(44)12-8-22-6-10-24(42)26(14-22)49-4/h6-15,28-29,32-37,42-43,46-48H,16-18H2,1-5H3. The van der Waals surface area contributed by atoms with Gasteiger partial charge in [0.2, 0.25) is 12.1 Å². The fourth-order valence-corrected chi connectivity index (χ4v) is 5.74. The van der Waals surface area contributed by atoms with Gasteiger partial charge in [-0.2, -0.15) is 0 Å². The number of hydrogen-bond acceptors (Lipinski definition) is 20. The number of phenolic OH excluding ortho intramolecular Hbond substituents is 2. The molecule has 9 atom stereocenters. The minimum atomic E-state index is -2.59. The highest BCUT2D eigenvalue weighted by Crippen LogP contribution is 2.40. The minimum absolute atomic E-state index is 0.0908. The zero-order valence-corrected chi connectivity index (χ0v) is 31.9. The van der Waals surface area contributed by atoms with Crippen LogP contribution in [0.4, 0.5) is 0 Å². The van der Waals surface area contributed by atoms with Crippen molar-refractivity contribution >= 4 is 42.0 Å². The number of carbonyl (C=O) groups is 5. The molecule has 0 amide bonds. The minimum Gasteiger partial charge on any atom is -0.504 e. The Morgan fingerprint density at radius 2 is 1.24 bits per heavy atom. The molecule has 2 aromatic carbocycles. The zero-order valence-electron chi connectivity index (χ0n) is 31.9. The van der Waals surface area contributed by atoms with Crippen molar-refractivity contribution in [2.24, 2.45) is 0 Å². The van der Waals surface area contributed by atoms with E-state index in [-0.39, 0.29) is 23.0 Å². The first kappa shape index (κ1) is 44.9. The molecule has 316 valence electrons. The van der Waals surface area contributed by atoms with Crippen LogP contribution in [0.15, 0.2) is 48.6 Å². The fraction of sp³-hybridized carbons (Fsp3) is 0.447. The maximum Gasteiger partial charge on any atom is 0.331 e. The molecule has 0 spiro atoms. The normalized spacial score (nSPS) is 26.8. The smallest absolute Gasteiger partial charge is 0.331 e. The van der Waals surface area contributed by atoms with Crippen LogP contribution < -0.4 is 9.47 Å². The van der Waals surface area contributed by atoms with Gasteiger partial charge in [0.25, 0.3) is 0 Å². The molecule has 20 heteroatoms. The summed E-state index contributed by atoms with van der Waals surface area (Å²) in [4.78, 5) is 62.0. The van der Waals surface area contributed by atoms with E-state index in [0.29, 0.717) is 11.1 Å².